The number of rotatable bonds is 6. The summed E-state index contributed by atoms with van der Waals surface area (Å²) >= 11 is 0. The zero-order valence-corrected chi connectivity index (χ0v) is 14.5. The molecule has 4 atom stereocenters. The maximum absolute atomic E-state index is 9.60. The SMILES string of the molecule is CCC[C@H]1CC(n2cnc3c(N[C@@H]4CCOC4)ncnc32)O[C@@H]1CO. The number of imidazole rings is 1. The van der Waals surface area contributed by atoms with E-state index in [1.165, 1.54) is 0 Å². The van der Waals surface area contributed by atoms with Gasteiger partial charge in [0.05, 0.1) is 31.7 Å². The van der Waals surface area contributed by atoms with Gasteiger partial charge in [0.15, 0.2) is 17.0 Å². The maximum atomic E-state index is 9.60. The highest BCUT2D eigenvalue weighted by molar-refractivity contribution is 5.82. The summed E-state index contributed by atoms with van der Waals surface area (Å²) in [5.41, 5.74) is 1.51. The number of aliphatic hydroxyl groups excluding tert-OH is 1. The molecule has 0 saturated carbocycles. The molecule has 0 spiro atoms. The van der Waals surface area contributed by atoms with Crippen LogP contribution in [-0.2, 0) is 9.47 Å². The van der Waals surface area contributed by atoms with Gasteiger partial charge in [0, 0.05) is 6.61 Å². The standard InChI is InChI=1S/C17H25N5O3/c1-2-3-11-6-14(25-13(11)7-23)22-10-20-15-16(18-9-19-17(15)22)21-12-4-5-24-8-12/h9-14,23H,2-8H2,1H3,(H,18,19,21)/t11-,12+,13+,14?/m0/s1. The number of nitrogens with one attached hydrogen (secondary N) is 1. The lowest BCUT2D eigenvalue weighted by Gasteiger charge is -2.15. The molecule has 1 unspecified atom stereocenters. The van der Waals surface area contributed by atoms with Crippen molar-refractivity contribution in [2.24, 2.45) is 5.92 Å². The van der Waals surface area contributed by atoms with Crippen molar-refractivity contribution >= 4 is 17.0 Å². The molecule has 2 aliphatic rings. The molecular formula is C17H25N5O3. The normalized spacial score (nSPS) is 29.5. The van der Waals surface area contributed by atoms with Crippen molar-refractivity contribution < 1.29 is 14.6 Å². The van der Waals surface area contributed by atoms with Crippen molar-refractivity contribution in [2.75, 3.05) is 25.1 Å². The van der Waals surface area contributed by atoms with E-state index >= 15 is 0 Å². The summed E-state index contributed by atoms with van der Waals surface area (Å²) in [4.78, 5) is 13.3. The van der Waals surface area contributed by atoms with Gasteiger partial charge in [0.1, 0.15) is 12.6 Å². The number of hydrogen-bond donors (Lipinski definition) is 2. The van der Waals surface area contributed by atoms with Gasteiger partial charge in [-0.3, -0.25) is 4.57 Å². The molecule has 2 aliphatic heterocycles. The average Bonchev–Trinajstić information content (AvgIpc) is 3.34. The van der Waals surface area contributed by atoms with Gasteiger partial charge in [0.25, 0.3) is 0 Å². The number of aliphatic hydroxyl groups is 1. The van der Waals surface area contributed by atoms with E-state index in [0.29, 0.717) is 12.5 Å². The Morgan fingerprint density at radius 1 is 1.36 bits per heavy atom. The van der Waals surface area contributed by atoms with Gasteiger partial charge >= 0.3 is 0 Å². The number of nitrogens with zero attached hydrogens (tertiary/aromatic N) is 4. The molecule has 8 nitrogen and oxygen atoms in total. The Bertz CT molecular complexity index is 715. The molecule has 2 N–H and O–H groups in total. The third kappa shape index (κ3) is 3.21. The Balaban J connectivity index is 1.58. The van der Waals surface area contributed by atoms with E-state index in [4.69, 9.17) is 9.47 Å². The smallest absolute Gasteiger partial charge is 0.167 e. The summed E-state index contributed by atoms with van der Waals surface area (Å²) in [6.45, 7) is 3.68. The van der Waals surface area contributed by atoms with Gasteiger partial charge in [-0.1, -0.05) is 13.3 Å². The molecule has 2 aromatic rings. The van der Waals surface area contributed by atoms with E-state index in [9.17, 15) is 5.11 Å². The molecule has 8 heteroatoms. The lowest BCUT2D eigenvalue weighted by Crippen LogP contribution is -2.20. The number of ether oxygens (including phenoxy) is 2. The summed E-state index contributed by atoms with van der Waals surface area (Å²) in [7, 11) is 0. The Kier molecular flexibility index (Phi) is 4.82. The van der Waals surface area contributed by atoms with Gasteiger partial charge < -0.3 is 19.9 Å². The second-order valence-corrected chi connectivity index (χ2v) is 6.85. The lowest BCUT2D eigenvalue weighted by molar-refractivity contribution is -0.0297. The molecule has 0 bridgehead atoms. The minimum absolute atomic E-state index is 0.0528. The van der Waals surface area contributed by atoms with Crippen LogP contribution in [0.15, 0.2) is 12.7 Å². The maximum Gasteiger partial charge on any atom is 0.167 e. The second-order valence-electron chi connectivity index (χ2n) is 6.85. The average molecular weight is 347 g/mol. The summed E-state index contributed by atoms with van der Waals surface area (Å²) in [5.74, 6) is 1.11. The largest absolute Gasteiger partial charge is 0.394 e. The zero-order valence-electron chi connectivity index (χ0n) is 14.5. The predicted octanol–water partition coefficient (Wildman–Crippen LogP) is 1.72. The number of hydrogen-bond acceptors (Lipinski definition) is 7. The highest BCUT2D eigenvalue weighted by atomic mass is 16.5. The fourth-order valence-corrected chi connectivity index (χ4v) is 3.83. The molecule has 0 radical (unpaired) electrons. The van der Waals surface area contributed by atoms with E-state index in [2.05, 4.69) is 27.2 Å². The van der Waals surface area contributed by atoms with Crippen LogP contribution in [0.1, 0.15) is 38.8 Å². The topological polar surface area (TPSA) is 94.3 Å². The molecule has 2 saturated heterocycles. The predicted molar refractivity (Wildman–Crippen MR) is 92.2 cm³/mol. The van der Waals surface area contributed by atoms with Gasteiger partial charge in [0.2, 0.25) is 0 Å². The van der Waals surface area contributed by atoms with Crippen LogP contribution in [0, 0.1) is 5.92 Å². The van der Waals surface area contributed by atoms with E-state index in [0.717, 1.165) is 49.3 Å². The van der Waals surface area contributed by atoms with Crippen molar-refractivity contribution in [1.29, 1.82) is 0 Å². The fourth-order valence-electron chi connectivity index (χ4n) is 3.83. The first-order valence-electron chi connectivity index (χ1n) is 9.08. The van der Waals surface area contributed by atoms with Gasteiger partial charge in [-0.05, 0) is 25.2 Å². The molecule has 4 heterocycles. The van der Waals surface area contributed by atoms with Crippen LogP contribution in [0.25, 0.3) is 11.2 Å². The van der Waals surface area contributed by atoms with E-state index in [-0.39, 0.29) is 25.0 Å². The summed E-state index contributed by atoms with van der Waals surface area (Å²) in [6, 6.07) is 0.263. The monoisotopic (exact) mass is 347 g/mol. The van der Waals surface area contributed by atoms with Gasteiger partial charge in [-0.25, -0.2) is 15.0 Å². The van der Waals surface area contributed by atoms with Crippen LogP contribution in [0.4, 0.5) is 5.82 Å². The zero-order chi connectivity index (χ0) is 17.2. The second kappa shape index (κ2) is 7.23. The van der Waals surface area contributed by atoms with E-state index in [1.807, 2.05) is 4.57 Å². The Morgan fingerprint density at radius 3 is 3.04 bits per heavy atom. The van der Waals surface area contributed by atoms with Crippen LogP contribution in [0.3, 0.4) is 0 Å². The number of aromatic nitrogens is 4. The fraction of sp³-hybridized carbons (Fsp3) is 0.706. The highest BCUT2D eigenvalue weighted by Gasteiger charge is 2.36. The molecule has 4 rings (SSSR count). The number of anilines is 1. The molecule has 0 amide bonds. The van der Waals surface area contributed by atoms with Crippen LogP contribution in [0.2, 0.25) is 0 Å². The molecule has 0 aromatic carbocycles. The molecule has 25 heavy (non-hydrogen) atoms. The first-order chi connectivity index (χ1) is 12.3. The van der Waals surface area contributed by atoms with Crippen LogP contribution in [0.5, 0.6) is 0 Å². The Morgan fingerprint density at radius 2 is 2.28 bits per heavy atom. The first kappa shape index (κ1) is 16.7. The molecule has 0 aliphatic carbocycles. The van der Waals surface area contributed by atoms with Crippen molar-refractivity contribution in [3.05, 3.63) is 12.7 Å². The van der Waals surface area contributed by atoms with Crippen molar-refractivity contribution in [2.45, 2.75) is 51.0 Å². The molecule has 136 valence electrons. The Labute approximate surface area is 146 Å². The van der Waals surface area contributed by atoms with E-state index < -0.39 is 0 Å². The van der Waals surface area contributed by atoms with Crippen molar-refractivity contribution in [1.82, 2.24) is 19.5 Å². The van der Waals surface area contributed by atoms with Gasteiger partial charge in [-0.2, -0.15) is 0 Å². The first-order valence-corrected chi connectivity index (χ1v) is 9.08. The number of fused-ring (bicyclic) bond motifs is 1. The van der Waals surface area contributed by atoms with Crippen molar-refractivity contribution in [3.8, 4) is 0 Å². The van der Waals surface area contributed by atoms with Gasteiger partial charge in [-0.15, -0.1) is 0 Å². The highest BCUT2D eigenvalue weighted by Crippen LogP contribution is 2.37. The van der Waals surface area contributed by atoms with Crippen LogP contribution in [-0.4, -0.2) is 56.6 Å². The third-order valence-corrected chi connectivity index (χ3v) is 5.14. The Hall–Kier alpha value is -1.77. The van der Waals surface area contributed by atoms with E-state index in [1.54, 1.807) is 12.7 Å². The summed E-state index contributed by atoms with van der Waals surface area (Å²) in [5, 5.41) is 13.0. The minimum atomic E-state index is -0.142. The lowest BCUT2D eigenvalue weighted by atomic mass is 9.96. The summed E-state index contributed by atoms with van der Waals surface area (Å²) in [6.07, 6.45) is 7.04. The molecule has 2 aromatic heterocycles. The van der Waals surface area contributed by atoms with Crippen molar-refractivity contribution in [3.63, 3.8) is 0 Å². The minimum Gasteiger partial charge on any atom is -0.394 e. The van der Waals surface area contributed by atoms with Crippen LogP contribution >= 0.6 is 0 Å². The van der Waals surface area contributed by atoms with Crippen LogP contribution < -0.4 is 5.32 Å². The molecular weight excluding hydrogens is 322 g/mol. The quantitative estimate of drug-likeness (QED) is 0.821. The molecule has 2 fully saturated rings. The summed E-state index contributed by atoms with van der Waals surface area (Å²) < 4.78 is 13.4. The third-order valence-electron chi connectivity index (χ3n) is 5.14.